The highest BCUT2D eigenvalue weighted by atomic mass is 16.7. The summed E-state index contributed by atoms with van der Waals surface area (Å²) in [7, 11) is 2.68. The molecule has 1 saturated heterocycles. The molecule has 0 bridgehead atoms. The molecule has 0 spiro atoms. The van der Waals surface area contributed by atoms with Crippen molar-refractivity contribution in [3.8, 4) is 11.5 Å². The third-order valence-electron chi connectivity index (χ3n) is 5.48. The molecule has 1 aromatic rings. The Hall–Kier alpha value is -2.97. The van der Waals surface area contributed by atoms with E-state index in [0.717, 1.165) is 6.92 Å². The van der Waals surface area contributed by atoms with E-state index in [2.05, 4.69) is 4.74 Å². The zero-order valence-electron chi connectivity index (χ0n) is 20.2. The maximum atomic E-state index is 12.1. The first-order chi connectivity index (χ1) is 16.9. The van der Waals surface area contributed by atoms with Crippen molar-refractivity contribution in [1.82, 2.24) is 0 Å². The number of carbonyl (C=O) groups excluding carboxylic acids is 2. The average molecular weight is 516 g/mol. The quantitative estimate of drug-likeness (QED) is 0.215. The molecule has 0 aliphatic carbocycles. The number of hydrogen-bond donors (Lipinski definition) is 5. The van der Waals surface area contributed by atoms with Crippen LogP contribution in [-0.2, 0) is 35.0 Å². The number of ether oxygens (including phenoxy) is 5. The van der Waals surface area contributed by atoms with Crippen molar-refractivity contribution in [3.05, 3.63) is 23.8 Å². The lowest BCUT2D eigenvalue weighted by Gasteiger charge is -2.40. The molecule has 1 aromatic carbocycles. The second kappa shape index (κ2) is 12.8. The number of carboxylic acid groups (broad SMARTS) is 1. The van der Waals surface area contributed by atoms with Gasteiger partial charge in [0.2, 0.25) is 6.29 Å². The summed E-state index contributed by atoms with van der Waals surface area (Å²) in [5, 5.41) is 49.8. The van der Waals surface area contributed by atoms with Gasteiger partial charge >= 0.3 is 17.9 Å². The van der Waals surface area contributed by atoms with Crippen LogP contribution in [0.25, 0.3) is 0 Å². The normalized spacial score (nSPS) is 25.4. The van der Waals surface area contributed by atoms with Gasteiger partial charge in [0.25, 0.3) is 0 Å². The van der Waals surface area contributed by atoms with Gasteiger partial charge in [0.1, 0.15) is 42.5 Å². The summed E-state index contributed by atoms with van der Waals surface area (Å²) < 4.78 is 26.1. The molecule has 5 N–H and O–H groups in total. The van der Waals surface area contributed by atoms with Gasteiger partial charge in [-0.05, 0) is 25.0 Å². The number of benzene rings is 1. The Morgan fingerprint density at radius 2 is 1.72 bits per heavy atom. The van der Waals surface area contributed by atoms with Crippen LogP contribution < -0.4 is 9.47 Å². The van der Waals surface area contributed by atoms with E-state index >= 15 is 0 Å². The number of methoxy groups -OCH3 is 2. The van der Waals surface area contributed by atoms with Crippen LogP contribution in [0.5, 0.6) is 11.5 Å². The minimum absolute atomic E-state index is 0.0405. The van der Waals surface area contributed by atoms with Gasteiger partial charge in [-0.25, -0.2) is 0 Å². The van der Waals surface area contributed by atoms with Crippen molar-refractivity contribution >= 4 is 17.9 Å². The summed E-state index contributed by atoms with van der Waals surface area (Å²) in [5.74, 6) is -2.15. The Labute approximate surface area is 207 Å². The van der Waals surface area contributed by atoms with E-state index in [1.165, 1.54) is 20.3 Å². The molecule has 0 radical (unpaired) electrons. The van der Waals surface area contributed by atoms with Gasteiger partial charge in [0.15, 0.2) is 0 Å². The van der Waals surface area contributed by atoms with Crippen LogP contribution in [0.3, 0.4) is 0 Å². The molecule has 1 aliphatic heterocycles. The van der Waals surface area contributed by atoms with Crippen LogP contribution in [0.2, 0.25) is 0 Å². The van der Waals surface area contributed by atoms with Crippen molar-refractivity contribution in [2.24, 2.45) is 0 Å². The van der Waals surface area contributed by atoms with Crippen molar-refractivity contribution in [1.29, 1.82) is 0 Å². The molecule has 13 nitrogen and oxygen atoms in total. The van der Waals surface area contributed by atoms with Gasteiger partial charge in [-0.15, -0.1) is 0 Å². The number of aliphatic hydroxyl groups is 4. The third kappa shape index (κ3) is 8.31. The second-order valence-corrected chi connectivity index (χ2v) is 8.61. The molecule has 36 heavy (non-hydrogen) atoms. The van der Waals surface area contributed by atoms with Gasteiger partial charge < -0.3 is 49.2 Å². The first-order valence-electron chi connectivity index (χ1n) is 11.1. The van der Waals surface area contributed by atoms with E-state index < -0.39 is 73.7 Å². The fourth-order valence-electron chi connectivity index (χ4n) is 3.52. The van der Waals surface area contributed by atoms with Crippen LogP contribution in [0.15, 0.2) is 18.2 Å². The molecule has 1 fully saturated rings. The minimum atomic E-state index is -1.86. The Bertz CT molecular complexity index is 915. The number of rotatable bonds is 12. The maximum absolute atomic E-state index is 12.1. The van der Waals surface area contributed by atoms with Gasteiger partial charge in [0, 0.05) is 12.5 Å². The molecule has 0 saturated carbocycles. The zero-order valence-corrected chi connectivity index (χ0v) is 20.2. The van der Waals surface area contributed by atoms with E-state index in [-0.39, 0.29) is 18.6 Å². The fraction of sp³-hybridized carbons (Fsp3) is 0.609. The lowest BCUT2D eigenvalue weighted by molar-refractivity contribution is -0.278. The lowest BCUT2D eigenvalue weighted by atomic mass is 9.98. The molecule has 202 valence electrons. The molecule has 6 atom stereocenters. The number of carboxylic acids is 1. The molecule has 0 amide bonds. The van der Waals surface area contributed by atoms with E-state index in [0.29, 0.717) is 11.3 Å². The summed E-state index contributed by atoms with van der Waals surface area (Å²) in [4.78, 5) is 34.4. The lowest BCUT2D eigenvalue weighted by Crippen LogP contribution is -2.60. The molecular weight excluding hydrogens is 484 g/mol. The van der Waals surface area contributed by atoms with Crippen molar-refractivity contribution in [2.75, 3.05) is 20.8 Å². The predicted octanol–water partition coefficient (Wildman–Crippen LogP) is -0.854. The summed E-state index contributed by atoms with van der Waals surface area (Å²) in [6, 6.07) is 4.76. The number of aliphatic hydroxyl groups excluding tert-OH is 3. The molecule has 0 aromatic heterocycles. The van der Waals surface area contributed by atoms with E-state index in [4.69, 9.17) is 24.1 Å². The Morgan fingerprint density at radius 1 is 1.03 bits per heavy atom. The van der Waals surface area contributed by atoms with Crippen molar-refractivity contribution in [3.63, 3.8) is 0 Å². The number of aliphatic carboxylic acids is 1. The van der Waals surface area contributed by atoms with Gasteiger partial charge in [0.05, 0.1) is 32.7 Å². The van der Waals surface area contributed by atoms with Crippen LogP contribution >= 0.6 is 0 Å². The van der Waals surface area contributed by atoms with E-state index in [9.17, 15) is 34.8 Å². The Kier molecular flexibility index (Phi) is 10.4. The highest BCUT2D eigenvalue weighted by Gasteiger charge is 2.46. The molecular formula is C23H32O13. The Morgan fingerprint density at radius 3 is 2.33 bits per heavy atom. The molecule has 13 heteroatoms. The topological polar surface area (TPSA) is 199 Å². The molecule has 1 unspecified atom stereocenters. The Balaban J connectivity index is 2.11. The largest absolute Gasteiger partial charge is 0.497 e. The first-order valence-corrected chi connectivity index (χ1v) is 11.1. The molecule has 2 rings (SSSR count). The maximum Gasteiger partial charge on any atom is 0.308 e. The summed E-state index contributed by atoms with van der Waals surface area (Å²) in [6.45, 7) is 0.574. The van der Waals surface area contributed by atoms with Crippen LogP contribution in [-0.4, -0.2) is 101 Å². The predicted molar refractivity (Wildman–Crippen MR) is 119 cm³/mol. The van der Waals surface area contributed by atoms with Crippen molar-refractivity contribution in [2.45, 2.75) is 68.9 Å². The number of hydrogen-bond acceptors (Lipinski definition) is 12. The number of aryl methyl sites for hydroxylation is 1. The second-order valence-electron chi connectivity index (χ2n) is 8.61. The highest BCUT2D eigenvalue weighted by molar-refractivity contribution is 5.73. The van der Waals surface area contributed by atoms with Gasteiger partial charge in [-0.3, -0.25) is 14.4 Å². The SMILES string of the molecule is COC(=O)CCc1ccc(OC)cc1O[C@@H]1O[C@H](COC(=O)CC(C)(O)CC(=O)O)[C@@H](O)[C@H](O)[C@H]1O. The van der Waals surface area contributed by atoms with E-state index in [1.807, 2.05) is 0 Å². The highest BCUT2D eigenvalue weighted by Crippen LogP contribution is 2.30. The zero-order chi connectivity index (χ0) is 27.0. The van der Waals surface area contributed by atoms with Crippen LogP contribution in [0.1, 0.15) is 31.7 Å². The van der Waals surface area contributed by atoms with Crippen LogP contribution in [0, 0.1) is 0 Å². The average Bonchev–Trinajstić information content (AvgIpc) is 2.81. The van der Waals surface area contributed by atoms with Gasteiger partial charge in [-0.2, -0.15) is 0 Å². The third-order valence-corrected chi connectivity index (χ3v) is 5.48. The van der Waals surface area contributed by atoms with Crippen molar-refractivity contribution < 1.29 is 63.6 Å². The number of carbonyl (C=O) groups is 3. The standard InChI is InChI=1S/C23H32O13/c1-23(31,9-16(24)25)10-18(27)34-11-15-19(28)20(29)21(30)22(36-15)35-14-8-13(32-2)6-4-12(14)5-7-17(26)33-3/h4,6,8,15,19-22,28-31H,5,7,9-11H2,1-3H3,(H,24,25)/t15-,19-,20+,21-,22-,23?/m1/s1. The minimum Gasteiger partial charge on any atom is -0.497 e. The summed E-state index contributed by atoms with van der Waals surface area (Å²) >= 11 is 0. The monoisotopic (exact) mass is 516 g/mol. The molecule has 1 heterocycles. The first kappa shape index (κ1) is 29.3. The number of esters is 2. The van der Waals surface area contributed by atoms with Crippen LogP contribution in [0.4, 0.5) is 0 Å². The molecule has 1 aliphatic rings. The summed E-state index contributed by atoms with van der Waals surface area (Å²) in [6.07, 6.45) is -8.98. The smallest absolute Gasteiger partial charge is 0.308 e. The fourth-order valence-corrected chi connectivity index (χ4v) is 3.52. The summed E-state index contributed by atoms with van der Waals surface area (Å²) in [5.41, 5.74) is -1.32. The van der Waals surface area contributed by atoms with E-state index in [1.54, 1.807) is 12.1 Å². The van der Waals surface area contributed by atoms with Gasteiger partial charge in [-0.1, -0.05) is 6.07 Å².